The predicted octanol–water partition coefficient (Wildman–Crippen LogP) is 0.137. The highest BCUT2D eigenvalue weighted by atomic mass is 14.3. The molecular formula is C8H10BN. The normalized spacial score (nSPS) is 9.20. The van der Waals surface area contributed by atoms with Crippen molar-refractivity contribution in [3.8, 4) is 0 Å². The lowest BCUT2D eigenvalue weighted by atomic mass is 9.95. The second-order valence-corrected chi connectivity index (χ2v) is 2.39. The van der Waals surface area contributed by atoms with Gasteiger partial charge in [0.2, 0.25) is 0 Å². The summed E-state index contributed by atoms with van der Waals surface area (Å²) in [4.78, 5) is 0. The molecule has 50 valence electrons. The summed E-state index contributed by atoms with van der Waals surface area (Å²) < 4.78 is 0. The molecule has 0 amide bonds. The lowest BCUT2D eigenvalue weighted by Crippen LogP contribution is -2.00. The van der Waals surface area contributed by atoms with Gasteiger partial charge in [0.1, 0.15) is 7.85 Å². The summed E-state index contributed by atoms with van der Waals surface area (Å²) in [6, 6.07) is 8.25. The Balaban J connectivity index is 2.78. The van der Waals surface area contributed by atoms with Crippen molar-refractivity contribution in [2.24, 2.45) is 0 Å². The van der Waals surface area contributed by atoms with Crippen LogP contribution in [-0.4, -0.2) is 14.1 Å². The molecular weight excluding hydrogens is 121 g/mol. The van der Waals surface area contributed by atoms with Crippen molar-refractivity contribution >= 4 is 19.5 Å². The molecule has 0 spiro atoms. The fourth-order valence-electron chi connectivity index (χ4n) is 0.842. The molecule has 0 atom stereocenters. The molecule has 0 heterocycles. The summed E-state index contributed by atoms with van der Waals surface area (Å²) in [5.74, 6) is 0. The molecule has 1 aromatic carbocycles. The van der Waals surface area contributed by atoms with Gasteiger partial charge in [0.25, 0.3) is 0 Å². The minimum absolute atomic E-state index is 0.750. The van der Waals surface area contributed by atoms with Gasteiger partial charge in [-0.15, -0.1) is 0 Å². The Kier molecular flexibility index (Phi) is 2.27. The van der Waals surface area contributed by atoms with Crippen LogP contribution < -0.4 is 5.46 Å². The molecule has 1 rings (SSSR count). The standard InChI is InChI=1S/C8H10BN/c9-8-3-1-7(2-4-8)5-6-10/h1-4,6,10H,5,9H2. The lowest BCUT2D eigenvalue weighted by molar-refractivity contribution is 1.33. The largest absolute Gasteiger partial charge is 0.313 e. The summed E-state index contributed by atoms with van der Waals surface area (Å²) in [6.07, 6.45) is 2.17. The third-order valence-corrected chi connectivity index (χ3v) is 1.46. The van der Waals surface area contributed by atoms with Crippen LogP contribution in [-0.2, 0) is 6.42 Å². The Morgan fingerprint density at radius 2 is 1.90 bits per heavy atom. The van der Waals surface area contributed by atoms with Crippen molar-refractivity contribution in [3.05, 3.63) is 29.8 Å². The van der Waals surface area contributed by atoms with Crippen molar-refractivity contribution in [2.75, 3.05) is 0 Å². The summed E-state index contributed by atoms with van der Waals surface area (Å²) >= 11 is 0. The van der Waals surface area contributed by atoms with Gasteiger partial charge < -0.3 is 5.41 Å². The van der Waals surface area contributed by atoms with E-state index >= 15 is 0 Å². The quantitative estimate of drug-likeness (QED) is 0.436. The van der Waals surface area contributed by atoms with E-state index in [1.165, 1.54) is 17.2 Å². The molecule has 0 aromatic heterocycles. The van der Waals surface area contributed by atoms with Crippen molar-refractivity contribution in [3.63, 3.8) is 0 Å². The monoisotopic (exact) mass is 131 g/mol. The van der Waals surface area contributed by atoms with Crippen molar-refractivity contribution in [1.82, 2.24) is 0 Å². The van der Waals surface area contributed by atoms with E-state index in [-0.39, 0.29) is 0 Å². The van der Waals surface area contributed by atoms with E-state index in [1.54, 1.807) is 0 Å². The van der Waals surface area contributed by atoms with E-state index in [1.807, 2.05) is 0 Å². The number of nitrogens with one attached hydrogen (secondary N) is 1. The van der Waals surface area contributed by atoms with Crippen LogP contribution in [0.5, 0.6) is 0 Å². The Labute approximate surface area is 62.0 Å². The minimum Gasteiger partial charge on any atom is -0.313 e. The predicted molar refractivity (Wildman–Crippen MR) is 47.1 cm³/mol. The smallest absolute Gasteiger partial charge is 0.139 e. The zero-order chi connectivity index (χ0) is 7.40. The first-order valence-electron chi connectivity index (χ1n) is 3.37. The van der Waals surface area contributed by atoms with Crippen molar-refractivity contribution in [1.29, 1.82) is 5.41 Å². The molecule has 10 heavy (non-hydrogen) atoms. The maximum absolute atomic E-state index is 6.87. The Morgan fingerprint density at radius 3 is 2.40 bits per heavy atom. The summed E-state index contributed by atoms with van der Waals surface area (Å²) in [5, 5.41) is 6.87. The maximum atomic E-state index is 6.87. The van der Waals surface area contributed by atoms with Gasteiger partial charge in [-0.1, -0.05) is 29.7 Å². The van der Waals surface area contributed by atoms with Crippen molar-refractivity contribution < 1.29 is 0 Å². The highest BCUT2D eigenvalue weighted by molar-refractivity contribution is 6.32. The Hall–Kier alpha value is -1.05. The van der Waals surface area contributed by atoms with Gasteiger partial charge in [0, 0.05) is 6.42 Å². The zero-order valence-electron chi connectivity index (χ0n) is 6.09. The van der Waals surface area contributed by atoms with Crippen LogP contribution in [0.3, 0.4) is 0 Å². The van der Waals surface area contributed by atoms with Crippen LogP contribution in [0.1, 0.15) is 5.56 Å². The van der Waals surface area contributed by atoms with Crippen molar-refractivity contribution in [2.45, 2.75) is 6.42 Å². The van der Waals surface area contributed by atoms with E-state index in [9.17, 15) is 0 Å². The molecule has 0 bridgehead atoms. The van der Waals surface area contributed by atoms with Crippen LogP contribution in [0.15, 0.2) is 24.3 Å². The molecule has 0 aliphatic heterocycles. The van der Waals surface area contributed by atoms with Crippen LogP contribution in [0, 0.1) is 5.41 Å². The van der Waals surface area contributed by atoms with Crippen LogP contribution in [0.4, 0.5) is 0 Å². The SMILES string of the molecule is Bc1ccc(CC=N)cc1. The summed E-state index contributed by atoms with van der Waals surface area (Å²) in [6.45, 7) is 0. The van der Waals surface area contributed by atoms with Gasteiger partial charge >= 0.3 is 0 Å². The zero-order valence-corrected chi connectivity index (χ0v) is 6.09. The van der Waals surface area contributed by atoms with Gasteiger partial charge in [-0.3, -0.25) is 0 Å². The van der Waals surface area contributed by atoms with Gasteiger partial charge in [-0.05, 0) is 11.8 Å². The molecule has 0 radical (unpaired) electrons. The molecule has 1 N–H and O–H groups in total. The average Bonchev–Trinajstić information content (AvgIpc) is 1.95. The fraction of sp³-hybridized carbons (Fsp3) is 0.125. The van der Waals surface area contributed by atoms with Crippen LogP contribution in [0.25, 0.3) is 0 Å². The topological polar surface area (TPSA) is 23.9 Å². The molecule has 0 unspecified atom stereocenters. The first kappa shape index (κ1) is 7.07. The first-order valence-corrected chi connectivity index (χ1v) is 3.37. The second-order valence-electron chi connectivity index (χ2n) is 2.39. The van der Waals surface area contributed by atoms with E-state index in [4.69, 9.17) is 5.41 Å². The summed E-state index contributed by atoms with van der Waals surface area (Å²) in [5.41, 5.74) is 2.48. The van der Waals surface area contributed by atoms with Gasteiger partial charge in [-0.25, -0.2) is 0 Å². The number of rotatable bonds is 2. The molecule has 0 saturated carbocycles. The summed E-state index contributed by atoms with van der Waals surface area (Å²) in [7, 11) is 2.06. The highest BCUT2D eigenvalue weighted by Crippen LogP contribution is 1.94. The van der Waals surface area contributed by atoms with Gasteiger partial charge in [0.15, 0.2) is 0 Å². The van der Waals surface area contributed by atoms with E-state index in [0.29, 0.717) is 0 Å². The van der Waals surface area contributed by atoms with Gasteiger partial charge in [-0.2, -0.15) is 0 Å². The highest BCUT2D eigenvalue weighted by Gasteiger charge is 1.86. The van der Waals surface area contributed by atoms with E-state index < -0.39 is 0 Å². The second kappa shape index (κ2) is 3.21. The fourth-order valence-corrected chi connectivity index (χ4v) is 0.842. The molecule has 2 heteroatoms. The molecule has 1 aromatic rings. The Bertz CT molecular complexity index is 215. The average molecular weight is 131 g/mol. The maximum Gasteiger partial charge on any atom is 0.139 e. The first-order chi connectivity index (χ1) is 4.83. The molecule has 1 nitrogen and oxygen atoms in total. The number of hydrogen-bond acceptors (Lipinski definition) is 1. The van der Waals surface area contributed by atoms with E-state index in [0.717, 1.165) is 6.42 Å². The van der Waals surface area contributed by atoms with Crippen LogP contribution in [0.2, 0.25) is 0 Å². The third kappa shape index (κ3) is 1.73. The van der Waals surface area contributed by atoms with Crippen LogP contribution >= 0.6 is 0 Å². The minimum atomic E-state index is 0.750. The molecule has 0 fully saturated rings. The number of hydrogen-bond donors (Lipinski definition) is 1. The lowest BCUT2D eigenvalue weighted by Gasteiger charge is -1.94. The molecule has 0 aliphatic rings. The van der Waals surface area contributed by atoms with Gasteiger partial charge in [0.05, 0.1) is 0 Å². The number of benzene rings is 1. The van der Waals surface area contributed by atoms with E-state index in [2.05, 4.69) is 32.1 Å². The molecule has 0 saturated heterocycles. The Morgan fingerprint density at radius 1 is 1.30 bits per heavy atom. The molecule has 0 aliphatic carbocycles. The third-order valence-electron chi connectivity index (χ3n) is 1.46.